The Bertz CT molecular complexity index is 1180. The highest BCUT2D eigenvalue weighted by molar-refractivity contribution is 6.30. The van der Waals surface area contributed by atoms with Gasteiger partial charge >= 0.3 is 6.09 Å². The number of benzene rings is 2. The second kappa shape index (κ2) is 11.6. The molecule has 1 unspecified atom stereocenters. The molecule has 196 valence electrons. The molecule has 2 heterocycles. The van der Waals surface area contributed by atoms with Crippen molar-refractivity contribution in [2.24, 2.45) is 0 Å². The van der Waals surface area contributed by atoms with Crippen LogP contribution in [0.25, 0.3) is 0 Å². The van der Waals surface area contributed by atoms with Gasteiger partial charge in [0, 0.05) is 56.5 Å². The predicted octanol–water partition coefficient (Wildman–Crippen LogP) is 3.25. The van der Waals surface area contributed by atoms with Crippen LogP contribution in [0.5, 0.6) is 0 Å². The van der Waals surface area contributed by atoms with Crippen molar-refractivity contribution in [2.45, 2.75) is 25.9 Å². The van der Waals surface area contributed by atoms with E-state index in [9.17, 15) is 19.2 Å². The van der Waals surface area contributed by atoms with Gasteiger partial charge in [-0.15, -0.1) is 0 Å². The molecule has 0 bridgehead atoms. The number of hydrogen-bond donors (Lipinski definition) is 1. The molecule has 37 heavy (non-hydrogen) atoms. The van der Waals surface area contributed by atoms with Crippen molar-refractivity contribution in [1.29, 1.82) is 0 Å². The lowest BCUT2D eigenvalue weighted by Crippen LogP contribution is -2.49. The molecule has 2 aliphatic heterocycles. The van der Waals surface area contributed by atoms with Crippen LogP contribution in [0.15, 0.2) is 42.5 Å². The van der Waals surface area contributed by atoms with E-state index < -0.39 is 18.0 Å². The summed E-state index contributed by atoms with van der Waals surface area (Å²) in [5.74, 6) is -0.935. The van der Waals surface area contributed by atoms with Gasteiger partial charge in [-0.25, -0.2) is 9.18 Å². The smallest absolute Gasteiger partial charge is 0.414 e. The number of nitrogens with one attached hydrogen (secondary N) is 1. The van der Waals surface area contributed by atoms with Crippen molar-refractivity contribution in [3.8, 4) is 0 Å². The zero-order valence-electron chi connectivity index (χ0n) is 20.4. The fourth-order valence-electron chi connectivity index (χ4n) is 4.37. The largest absolute Gasteiger partial charge is 0.442 e. The molecule has 1 atom stereocenters. The SMILES string of the molecule is CC(=O)NCC1CN(c2ccc(N3CCN(C(=O)CCC(=O)c4ccc(Cl)cc4)CC3)c(F)c2)C(=O)O1. The average molecular weight is 531 g/mol. The number of piperazine rings is 1. The molecule has 0 saturated carbocycles. The number of cyclic esters (lactones) is 1. The van der Waals surface area contributed by atoms with Gasteiger partial charge in [0.2, 0.25) is 11.8 Å². The summed E-state index contributed by atoms with van der Waals surface area (Å²) in [7, 11) is 0. The Morgan fingerprint density at radius 2 is 1.76 bits per heavy atom. The van der Waals surface area contributed by atoms with Gasteiger partial charge in [0.1, 0.15) is 11.9 Å². The Kier molecular flexibility index (Phi) is 8.27. The number of rotatable bonds is 8. The molecule has 3 amide bonds. The summed E-state index contributed by atoms with van der Waals surface area (Å²) in [6, 6.07) is 11.1. The molecule has 11 heteroatoms. The Balaban J connectivity index is 1.28. The summed E-state index contributed by atoms with van der Waals surface area (Å²) >= 11 is 5.85. The minimum atomic E-state index is -0.593. The Morgan fingerprint density at radius 1 is 1.05 bits per heavy atom. The molecule has 1 N–H and O–H groups in total. The van der Waals surface area contributed by atoms with Gasteiger partial charge in [0.25, 0.3) is 0 Å². The van der Waals surface area contributed by atoms with Crippen LogP contribution in [0.3, 0.4) is 0 Å². The first-order chi connectivity index (χ1) is 17.7. The zero-order chi connectivity index (χ0) is 26.5. The maximum atomic E-state index is 15.0. The Hall–Kier alpha value is -3.66. The Labute approximate surface area is 219 Å². The van der Waals surface area contributed by atoms with E-state index in [1.165, 1.54) is 17.9 Å². The number of amides is 3. The van der Waals surface area contributed by atoms with Crippen LogP contribution in [0.4, 0.5) is 20.6 Å². The quantitative estimate of drug-likeness (QED) is 0.526. The molecule has 0 spiro atoms. The zero-order valence-corrected chi connectivity index (χ0v) is 21.2. The fraction of sp³-hybridized carbons (Fsp3) is 0.385. The highest BCUT2D eigenvalue weighted by atomic mass is 35.5. The topological polar surface area (TPSA) is 99.3 Å². The molecule has 0 aromatic heterocycles. The van der Waals surface area contributed by atoms with E-state index in [0.29, 0.717) is 48.1 Å². The van der Waals surface area contributed by atoms with Gasteiger partial charge in [0.15, 0.2) is 5.78 Å². The molecule has 4 rings (SSSR count). The lowest BCUT2D eigenvalue weighted by atomic mass is 10.1. The normalized spacial score (nSPS) is 17.5. The van der Waals surface area contributed by atoms with Gasteiger partial charge in [-0.1, -0.05) is 11.6 Å². The lowest BCUT2D eigenvalue weighted by Gasteiger charge is -2.36. The van der Waals surface area contributed by atoms with Crippen LogP contribution in [-0.4, -0.2) is 74.0 Å². The molecule has 2 aromatic rings. The summed E-state index contributed by atoms with van der Waals surface area (Å²) in [5, 5.41) is 3.15. The van der Waals surface area contributed by atoms with Crippen LogP contribution in [0, 0.1) is 5.82 Å². The summed E-state index contributed by atoms with van der Waals surface area (Å²) in [5.41, 5.74) is 1.28. The van der Waals surface area contributed by atoms with E-state index in [1.54, 1.807) is 41.3 Å². The number of hydrogen-bond acceptors (Lipinski definition) is 6. The van der Waals surface area contributed by atoms with E-state index >= 15 is 4.39 Å². The van der Waals surface area contributed by atoms with E-state index in [0.717, 1.165) is 0 Å². The molecule has 2 aliphatic rings. The lowest BCUT2D eigenvalue weighted by molar-refractivity contribution is -0.131. The van der Waals surface area contributed by atoms with Crippen molar-refractivity contribution < 1.29 is 28.3 Å². The summed E-state index contributed by atoms with van der Waals surface area (Å²) in [6.07, 6.45) is -0.878. The van der Waals surface area contributed by atoms with Gasteiger partial charge < -0.3 is 19.9 Å². The third-order valence-corrected chi connectivity index (χ3v) is 6.65. The first kappa shape index (κ1) is 26.4. The highest BCUT2D eigenvalue weighted by Gasteiger charge is 2.33. The standard InChI is InChI=1S/C26H28ClFN4O5/c1-17(33)29-15-21-16-32(26(36)37-21)20-6-7-23(22(28)14-20)30-10-12-31(13-11-30)25(35)9-8-24(34)18-2-4-19(27)5-3-18/h2-7,14,21H,8-13,15-16H2,1H3,(H,29,33). The minimum absolute atomic E-state index is 0.110. The molecule has 2 aromatic carbocycles. The fourth-order valence-corrected chi connectivity index (χ4v) is 4.50. The van der Waals surface area contributed by atoms with E-state index in [1.807, 2.05) is 4.90 Å². The number of Topliss-reactive ketones (excluding diaryl/α,β-unsaturated/α-hetero) is 1. The van der Waals surface area contributed by atoms with Gasteiger partial charge in [-0.05, 0) is 42.5 Å². The molecule has 2 saturated heterocycles. The number of carbonyl (C=O) groups excluding carboxylic acids is 4. The summed E-state index contributed by atoms with van der Waals surface area (Å²) < 4.78 is 20.3. The van der Waals surface area contributed by atoms with Crippen LogP contribution < -0.4 is 15.1 Å². The number of carbonyl (C=O) groups is 4. The van der Waals surface area contributed by atoms with Crippen molar-refractivity contribution in [3.63, 3.8) is 0 Å². The van der Waals surface area contributed by atoms with E-state index in [2.05, 4.69) is 5.32 Å². The molecule has 9 nitrogen and oxygen atoms in total. The predicted molar refractivity (Wildman–Crippen MR) is 137 cm³/mol. The van der Waals surface area contributed by atoms with Crippen LogP contribution >= 0.6 is 11.6 Å². The van der Waals surface area contributed by atoms with Gasteiger partial charge in [-0.3, -0.25) is 19.3 Å². The first-order valence-corrected chi connectivity index (χ1v) is 12.4. The van der Waals surface area contributed by atoms with Crippen molar-refractivity contribution in [1.82, 2.24) is 10.2 Å². The maximum absolute atomic E-state index is 15.0. The third kappa shape index (κ3) is 6.56. The van der Waals surface area contributed by atoms with Crippen molar-refractivity contribution in [3.05, 3.63) is 58.9 Å². The minimum Gasteiger partial charge on any atom is -0.442 e. The molecular formula is C26H28ClFN4O5. The van der Waals surface area contributed by atoms with Gasteiger partial charge in [-0.2, -0.15) is 0 Å². The molecule has 0 radical (unpaired) electrons. The number of nitrogens with zero attached hydrogens (tertiary/aromatic N) is 3. The summed E-state index contributed by atoms with van der Waals surface area (Å²) in [4.78, 5) is 53.1. The molecular weight excluding hydrogens is 503 g/mol. The van der Waals surface area contributed by atoms with Gasteiger partial charge in [0.05, 0.1) is 24.5 Å². The van der Waals surface area contributed by atoms with Crippen LogP contribution in [0.1, 0.15) is 30.1 Å². The number of halogens is 2. The van der Waals surface area contributed by atoms with Crippen LogP contribution in [-0.2, 0) is 14.3 Å². The monoisotopic (exact) mass is 530 g/mol. The van der Waals surface area contributed by atoms with Crippen molar-refractivity contribution >= 4 is 46.7 Å². The maximum Gasteiger partial charge on any atom is 0.414 e. The van der Waals surface area contributed by atoms with E-state index in [4.69, 9.17) is 16.3 Å². The number of anilines is 2. The second-order valence-corrected chi connectivity index (χ2v) is 9.42. The summed E-state index contributed by atoms with van der Waals surface area (Å²) in [6.45, 7) is 3.49. The first-order valence-electron chi connectivity index (χ1n) is 12.0. The second-order valence-electron chi connectivity index (χ2n) is 8.99. The highest BCUT2D eigenvalue weighted by Crippen LogP contribution is 2.28. The number of ether oxygens (including phenoxy) is 1. The number of ketones is 1. The van der Waals surface area contributed by atoms with Crippen molar-refractivity contribution in [2.75, 3.05) is 49.1 Å². The Morgan fingerprint density at radius 3 is 2.41 bits per heavy atom. The third-order valence-electron chi connectivity index (χ3n) is 6.40. The molecule has 2 fully saturated rings. The van der Waals surface area contributed by atoms with E-state index in [-0.39, 0.29) is 43.5 Å². The molecule has 0 aliphatic carbocycles. The average Bonchev–Trinajstić information content (AvgIpc) is 3.26. The van der Waals surface area contributed by atoms with Crippen LogP contribution in [0.2, 0.25) is 5.02 Å².